The summed E-state index contributed by atoms with van der Waals surface area (Å²) in [5.41, 5.74) is 3.95. The number of rotatable bonds is 9. The molecule has 2 heterocycles. The Balaban J connectivity index is 1.53. The number of carbonyl (C=O) groups is 1. The molecule has 0 unspecified atom stereocenters. The van der Waals surface area contributed by atoms with Gasteiger partial charge in [0, 0.05) is 24.5 Å². The van der Waals surface area contributed by atoms with E-state index >= 15 is 0 Å². The molecular weight excluding hydrogens is 450 g/mol. The molecule has 0 saturated heterocycles. The maximum atomic E-state index is 12.7. The molecule has 4 aromatic rings. The lowest BCUT2D eigenvalue weighted by molar-refractivity contribution is -0.113. The van der Waals surface area contributed by atoms with Crippen LogP contribution in [0.1, 0.15) is 22.5 Å². The van der Waals surface area contributed by atoms with Crippen molar-refractivity contribution in [1.82, 2.24) is 19.5 Å². The van der Waals surface area contributed by atoms with Crippen LogP contribution in [0.15, 0.2) is 66.1 Å². The molecule has 0 spiro atoms. The summed E-state index contributed by atoms with van der Waals surface area (Å²) in [7, 11) is 3.22. The molecule has 0 aliphatic carbocycles. The number of nitrogens with zero attached hydrogens (tertiary/aromatic N) is 4. The van der Waals surface area contributed by atoms with E-state index in [9.17, 15) is 4.79 Å². The van der Waals surface area contributed by atoms with Gasteiger partial charge in [0.2, 0.25) is 11.1 Å². The fourth-order valence-corrected chi connectivity index (χ4v) is 4.30. The summed E-state index contributed by atoms with van der Waals surface area (Å²) >= 11 is 1.34. The fourth-order valence-electron chi connectivity index (χ4n) is 3.55. The van der Waals surface area contributed by atoms with Gasteiger partial charge in [-0.2, -0.15) is 0 Å². The van der Waals surface area contributed by atoms with Crippen LogP contribution in [0.25, 0.3) is 0 Å². The molecular formula is C25H27N5O3S. The van der Waals surface area contributed by atoms with Crippen molar-refractivity contribution >= 4 is 23.4 Å². The van der Waals surface area contributed by atoms with Crippen molar-refractivity contribution in [3.8, 4) is 11.5 Å². The lowest BCUT2D eigenvalue weighted by Crippen LogP contribution is -2.17. The minimum Gasteiger partial charge on any atom is -0.493 e. The Hall–Kier alpha value is -3.72. The maximum Gasteiger partial charge on any atom is 0.234 e. The summed E-state index contributed by atoms with van der Waals surface area (Å²) in [5.74, 6) is 2.18. The van der Waals surface area contributed by atoms with Gasteiger partial charge in [-0.25, -0.2) is 4.68 Å². The minimum absolute atomic E-state index is 0.0952. The number of methoxy groups -OCH3 is 2. The van der Waals surface area contributed by atoms with Crippen molar-refractivity contribution in [2.75, 3.05) is 25.3 Å². The van der Waals surface area contributed by atoms with E-state index in [1.54, 1.807) is 14.2 Å². The van der Waals surface area contributed by atoms with Crippen LogP contribution in [0, 0.1) is 13.8 Å². The monoisotopic (exact) mass is 477 g/mol. The smallest absolute Gasteiger partial charge is 0.234 e. The van der Waals surface area contributed by atoms with Crippen molar-refractivity contribution in [2.45, 2.75) is 25.4 Å². The third-order valence-corrected chi connectivity index (χ3v) is 6.23. The summed E-state index contributed by atoms with van der Waals surface area (Å²) in [6.07, 6.45) is 4.37. The SMILES string of the molecule is COc1ccc(Cc2nnc(SCC(=O)Nc3cc(C)ccc3C)n2-n2cccc2)cc1OC. The van der Waals surface area contributed by atoms with E-state index in [1.165, 1.54) is 11.8 Å². The standard InChI is InChI=1S/C25H27N5O3S/c1-17-7-8-18(2)20(13-17)26-24(31)16-34-25-28-27-23(30(25)29-11-5-6-12-29)15-19-9-10-21(32-3)22(14-19)33-4/h5-14H,15-16H2,1-4H3,(H,26,31). The molecule has 0 aliphatic rings. The molecule has 4 rings (SSSR count). The van der Waals surface area contributed by atoms with E-state index < -0.39 is 0 Å². The molecule has 0 fully saturated rings. The zero-order chi connectivity index (χ0) is 24.1. The number of anilines is 1. The van der Waals surface area contributed by atoms with Crippen LogP contribution in [0.3, 0.4) is 0 Å². The molecule has 0 radical (unpaired) electrons. The summed E-state index contributed by atoms with van der Waals surface area (Å²) < 4.78 is 14.6. The predicted octanol–water partition coefficient (Wildman–Crippen LogP) is 4.35. The number of carbonyl (C=O) groups excluding carboxylic acids is 1. The average Bonchev–Trinajstić information content (AvgIpc) is 3.49. The Morgan fingerprint density at radius 3 is 2.50 bits per heavy atom. The van der Waals surface area contributed by atoms with Crippen LogP contribution in [-0.2, 0) is 11.2 Å². The first kappa shape index (κ1) is 23.4. The number of nitrogens with one attached hydrogen (secondary N) is 1. The molecule has 8 nitrogen and oxygen atoms in total. The average molecular weight is 478 g/mol. The van der Waals surface area contributed by atoms with Gasteiger partial charge in [-0.05, 0) is 60.9 Å². The van der Waals surface area contributed by atoms with Crippen molar-refractivity contribution in [1.29, 1.82) is 0 Å². The largest absolute Gasteiger partial charge is 0.493 e. The van der Waals surface area contributed by atoms with E-state index in [4.69, 9.17) is 9.47 Å². The number of aromatic nitrogens is 4. The van der Waals surface area contributed by atoms with Gasteiger partial charge >= 0.3 is 0 Å². The number of aryl methyl sites for hydroxylation is 2. The lowest BCUT2D eigenvalue weighted by atomic mass is 10.1. The topological polar surface area (TPSA) is 83.2 Å². The highest BCUT2D eigenvalue weighted by molar-refractivity contribution is 7.99. The van der Waals surface area contributed by atoms with Crippen LogP contribution in [0.4, 0.5) is 5.69 Å². The second-order valence-electron chi connectivity index (χ2n) is 7.79. The molecule has 9 heteroatoms. The molecule has 34 heavy (non-hydrogen) atoms. The number of amides is 1. The van der Waals surface area contributed by atoms with E-state index in [-0.39, 0.29) is 11.7 Å². The minimum atomic E-state index is -0.0952. The van der Waals surface area contributed by atoms with E-state index in [0.717, 1.165) is 28.2 Å². The van der Waals surface area contributed by atoms with E-state index in [0.29, 0.717) is 23.1 Å². The molecule has 0 atom stereocenters. The molecule has 1 amide bonds. The van der Waals surface area contributed by atoms with E-state index in [1.807, 2.05) is 84.1 Å². The molecule has 2 aromatic heterocycles. The Kier molecular flexibility index (Phi) is 7.22. The second-order valence-corrected chi connectivity index (χ2v) is 8.74. The van der Waals surface area contributed by atoms with Gasteiger partial charge in [-0.15, -0.1) is 10.2 Å². The lowest BCUT2D eigenvalue weighted by Gasteiger charge is -2.13. The van der Waals surface area contributed by atoms with Gasteiger partial charge in [0.1, 0.15) is 0 Å². The first-order valence-electron chi connectivity index (χ1n) is 10.8. The van der Waals surface area contributed by atoms with Crippen LogP contribution in [0.5, 0.6) is 11.5 Å². The van der Waals surface area contributed by atoms with Gasteiger partial charge in [-0.1, -0.05) is 30.0 Å². The van der Waals surface area contributed by atoms with Crippen molar-refractivity contribution in [3.05, 3.63) is 83.4 Å². The van der Waals surface area contributed by atoms with E-state index in [2.05, 4.69) is 15.5 Å². The van der Waals surface area contributed by atoms with Crippen molar-refractivity contribution in [3.63, 3.8) is 0 Å². The quantitative estimate of drug-likeness (QED) is 0.361. The molecule has 0 saturated carbocycles. The second kappa shape index (κ2) is 10.5. The van der Waals surface area contributed by atoms with Crippen LogP contribution in [-0.4, -0.2) is 45.4 Å². The Morgan fingerprint density at radius 2 is 1.76 bits per heavy atom. The highest BCUT2D eigenvalue weighted by Crippen LogP contribution is 2.29. The molecule has 0 aliphatic heterocycles. The van der Waals surface area contributed by atoms with Crippen LogP contribution < -0.4 is 14.8 Å². The van der Waals surface area contributed by atoms with Gasteiger partial charge in [0.25, 0.3) is 0 Å². The summed E-state index contributed by atoms with van der Waals surface area (Å²) in [5, 5.41) is 12.4. The van der Waals surface area contributed by atoms with Crippen LogP contribution in [0.2, 0.25) is 0 Å². The van der Waals surface area contributed by atoms with Gasteiger partial charge < -0.3 is 14.8 Å². The highest BCUT2D eigenvalue weighted by atomic mass is 32.2. The molecule has 176 valence electrons. The van der Waals surface area contributed by atoms with Gasteiger partial charge in [0.05, 0.1) is 20.0 Å². The number of hydrogen-bond donors (Lipinski definition) is 1. The predicted molar refractivity (Wildman–Crippen MR) is 133 cm³/mol. The Morgan fingerprint density at radius 1 is 1.00 bits per heavy atom. The van der Waals surface area contributed by atoms with Crippen LogP contribution >= 0.6 is 11.8 Å². The highest BCUT2D eigenvalue weighted by Gasteiger charge is 2.17. The molecule has 1 N–H and O–H groups in total. The molecule has 0 bridgehead atoms. The Labute approximate surface area is 202 Å². The van der Waals surface area contributed by atoms with Gasteiger partial charge in [0.15, 0.2) is 17.3 Å². The van der Waals surface area contributed by atoms with Gasteiger partial charge in [-0.3, -0.25) is 9.47 Å². The third kappa shape index (κ3) is 5.26. The zero-order valence-electron chi connectivity index (χ0n) is 19.6. The number of benzene rings is 2. The first-order chi connectivity index (χ1) is 16.5. The summed E-state index contributed by atoms with van der Waals surface area (Å²) in [6, 6.07) is 15.6. The summed E-state index contributed by atoms with van der Waals surface area (Å²) in [4.78, 5) is 12.7. The Bertz CT molecular complexity index is 1280. The van der Waals surface area contributed by atoms with Crippen molar-refractivity contribution in [2.24, 2.45) is 0 Å². The normalized spacial score (nSPS) is 10.8. The number of hydrogen-bond acceptors (Lipinski definition) is 6. The first-order valence-corrected chi connectivity index (χ1v) is 11.8. The third-order valence-electron chi connectivity index (χ3n) is 5.31. The van der Waals surface area contributed by atoms with Crippen molar-refractivity contribution < 1.29 is 14.3 Å². The number of thioether (sulfide) groups is 1. The maximum absolute atomic E-state index is 12.7. The fraction of sp³-hybridized carbons (Fsp3) is 0.240. The molecule has 2 aromatic carbocycles. The zero-order valence-corrected chi connectivity index (χ0v) is 20.4. The summed E-state index contributed by atoms with van der Waals surface area (Å²) in [6.45, 7) is 3.98. The number of ether oxygens (including phenoxy) is 2.